The maximum Gasteiger partial charge on any atom is 0.263 e. The average Bonchev–Trinajstić information content (AvgIpc) is 2.48. The number of carbonyl (C=O) groups excluding carboxylic acids is 1. The number of hydrogen-bond donors (Lipinski definition) is 1. The quantitative estimate of drug-likeness (QED) is 0.806. The Labute approximate surface area is 159 Å². The summed E-state index contributed by atoms with van der Waals surface area (Å²) in [5.74, 6) is 0.844. The van der Waals surface area contributed by atoms with E-state index in [1.54, 1.807) is 0 Å². The van der Waals surface area contributed by atoms with Crippen molar-refractivity contribution < 1.29 is 9.53 Å². The topological polar surface area (TPSA) is 55.6 Å². The second-order valence-corrected chi connectivity index (χ2v) is 8.21. The molecule has 0 saturated carbocycles. The fourth-order valence-electron chi connectivity index (χ4n) is 2.89. The first-order chi connectivity index (χ1) is 10.7. The Kier molecular flexibility index (Phi) is 7.57. The molecule has 0 aliphatic carbocycles. The monoisotopic (exact) mass is 418 g/mol. The Morgan fingerprint density at radius 1 is 1.38 bits per heavy atom. The van der Waals surface area contributed by atoms with Gasteiger partial charge >= 0.3 is 0 Å². The zero-order chi connectivity index (χ0) is 17.2. The van der Waals surface area contributed by atoms with Gasteiger partial charge in [-0.2, -0.15) is 0 Å². The highest BCUT2D eigenvalue weighted by atomic mass is 79.9. The van der Waals surface area contributed by atoms with E-state index >= 15 is 0 Å². The Morgan fingerprint density at radius 2 is 2.00 bits per heavy atom. The summed E-state index contributed by atoms with van der Waals surface area (Å²) in [5, 5.41) is 0. The molecule has 0 radical (unpaired) electrons. The number of ether oxygens (including phenoxy) is 1. The van der Waals surface area contributed by atoms with Gasteiger partial charge in [-0.25, -0.2) is 0 Å². The predicted molar refractivity (Wildman–Crippen MR) is 104 cm³/mol. The van der Waals surface area contributed by atoms with Gasteiger partial charge in [-0.3, -0.25) is 4.79 Å². The third kappa shape index (κ3) is 4.87. The molecule has 136 valence electrons. The van der Waals surface area contributed by atoms with E-state index in [9.17, 15) is 4.79 Å². The molecule has 1 heterocycles. The Hall–Kier alpha value is -0.780. The molecule has 1 amide bonds. The van der Waals surface area contributed by atoms with Crippen molar-refractivity contribution in [3.05, 3.63) is 28.7 Å². The number of benzene rings is 1. The number of likely N-dealkylation sites (tertiary alicyclic amines) is 1. The number of hydrogen-bond acceptors (Lipinski definition) is 3. The second kappa shape index (κ2) is 8.54. The molecule has 1 aliphatic rings. The lowest BCUT2D eigenvalue weighted by molar-refractivity contribution is -0.144. The largest absolute Gasteiger partial charge is 0.479 e. The van der Waals surface area contributed by atoms with Crippen LogP contribution in [0.25, 0.3) is 0 Å². The van der Waals surface area contributed by atoms with E-state index in [1.165, 1.54) is 0 Å². The molecular weight excluding hydrogens is 392 g/mol. The SMILES string of the molecule is CC(C)C(Oc1ccccc1Br)C(=O)N1CCC(N)C(C)(C)C1.Cl. The molecule has 1 saturated heterocycles. The molecule has 1 aromatic carbocycles. The Morgan fingerprint density at radius 3 is 2.54 bits per heavy atom. The molecule has 2 N–H and O–H groups in total. The van der Waals surface area contributed by atoms with E-state index in [-0.39, 0.29) is 35.7 Å². The standard InChI is InChI=1S/C18H27BrN2O2.ClH/c1-12(2)16(23-14-8-6-5-7-13(14)19)17(22)21-10-9-15(20)18(3,4)11-21;/h5-8,12,15-16H,9-11,20H2,1-4H3;1H. The minimum absolute atomic E-state index is 0. The van der Waals surface area contributed by atoms with E-state index in [0.717, 1.165) is 10.9 Å². The fraction of sp³-hybridized carbons (Fsp3) is 0.611. The van der Waals surface area contributed by atoms with Gasteiger partial charge in [-0.1, -0.05) is 39.8 Å². The number of para-hydroxylation sites is 1. The molecular formula is C18H28BrClN2O2. The third-order valence-corrected chi connectivity index (χ3v) is 5.22. The number of piperidine rings is 1. The molecule has 2 atom stereocenters. The molecule has 2 rings (SSSR count). The highest BCUT2D eigenvalue weighted by molar-refractivity contribution is 9.10. The third-order valence-electron chi connectivity index (χ3n) is 4.56. The lowest BCUT2D eigenvalue weighted by Crippen LogP contribution is -2.57. The predicted octanol–water partition coefficient (Wildman–Crippen LogP) is 3.86. The van der Waals surface area contributed by atoms with Crippen molar-refractivity contribution >= 4 is 34.2 Å². The van der Waals surface area contributed by atoms with Crippen LogP contribution in [0, 0.1) is 11.3 Å². The molecule has 1 aliphatic heterocycles. The number of carbonyl (C=O) groups is 1. The number of amides is 1. The summed E-state index contributed by atoms with van der Waals surface area (Å²) in [6, 6.07) is 7.76. The van der Waals surface area contributed by atoms with Crippen LogP contribution < -0.4 is 10.5 Å². The maximum atomic E-state index is 13.0. The fourth-order valence-corrected chi connectivity index (χ4v) is 3.27. The first-order valence-electron chi connectivity index (χ1n) is 8.18. The highest BCUT2D eigenvalue weighted by Gasteiger charge is 2.38. The molecule has 0 bridgehead atoms. The van der Waals surface area contributed by atoms with Gasteiger partial charge in [0.05, 0.1) is 4.47 Å². The molecule has 6 heteroatoms. The zero-order valence-corrected chi connectivity index (χ0v) is 17.2. The summed E-state index contributed by atoms with van der Waals surface area (Å²) in [7, 11) is 0. The van der Waals surface area contributed by atoms with Crippen molar-refractivity contribution in [2.24, 2.45) is 17.1 Å². The lowest BCUT2D eigenvalue weighted by Gasteiger charge is -2.43. The maximum absolute atomic E-state index is 13.0. The summed E-state index contributed by atoms with van der Waals surface area (Å²) in [4.78, 5) is 14.9. The molecule has 1 aromatic rings. The van der Waals surface area contributed by atoms with E-state index in [2.05, 4.69) is 29.8 Å². The molecule has 0 aromatic heterocycles. The molecule has 24 heavy (non-hydrogen) atoms. The van der Waals surface area contributed by atoms with Gasteiger partial charge < -0.3 is 15.4 Å². The van der Waals surface area contributed by atoms with Crippen LogP contribution in [-0.2, 0) is 4.79 Å². The average molecular weight is 420 g/mol. The van der Waals surface area contributed by atoms with Crippen molar-refractivity contribution in [3.63, 3.8) is 0 Å². The summed E-state index contributed by atoms with van der Waals surface area (Å²) in [6.07, 6.45) is 0.345. The van der Waals surface area contributed by atoms with Crippen LogP contribution >= 0.6 is 28.3 Å². The van der Waals surface area contributed by atoms with Crippen LogP contribution in [0.4, 0.5) is 0 Å². The van der Waals surface area contributed by atoms with E-state index in [4.69, 9.17) is 10.5 Å². The number of nitrogens with zero attached hydrogens (tertiary/aromatic N) is 1. The smallest absolute Gasteiger partial charge is 0.263 e. The van der Waals surface area contributed by atoms with Crippen LogP contribution in [0.1, 0.15) is 34.1 Å². The molecule has 1 fully saturated rings. The van der Waals surface area contributed by atoms with Crippen LogP contribution in [0.5, 0.6) is 5.75 Å². The van der Waals surface area contributed by atoms with Crippen molar-refractivity contribution in [1.29, 1.82) is 0 Å². The molecule has 0 spiro atoms. The first-order valence-corrected chi connectivity index (χ1v) is 8.97. The van der Waals surface area contributed by atoms with Crippen LogP contribution in [-0.4, -0.2) is 36.0 Å². The van der Waals surface area contributed by atoms with Gasteiger partial charge in [0.2, 0.25) is 0 Å². The summed E-state index contributed by atoms with van der Waals surface area (Å²) < 4.78 is 6.91. The lowest BCUT2D eigenvalue weighted by atomic mass is 9.79. The van der Waals surface area contributed by atoms with Gasteiger partial charge in [-0.15, -0.1) is 12.4 Å². The minimum atomic E-state index is -0.487. The summed E-state index contributed by atoms with van der Waals surface area (Å²) in [5.41, 5.74) is 6.11. The van der Waals surface area contributed by atoms with Crippen molar-refractivity contribution in [2.75, 3.05) is 13.1 Å². The second-order valence-electron chi connectivity index (χ2n) is 7.36. The van der Waals surface area contributed by atoms with E-state index in [1.807, 2.05) is 43.0 Å². The highest BCUT2D eigenvalue weighted by Crippen LogP contribution is 2.30. The van der Waals surface area contributed by atoms with Gasteiger partial charge in [-0.05, 0) is 45.8 Å². The Balaban J connectivity index is 0.00000288. The van der Waals surface area contributed by atoms with E-state index < -0.39 is 6.10 Å². The Bertz CT molecular complexity index is 566. The number of nitrogens with two attached hydrogens (primary N) is 1. The van der Waals surface area contributed by atoms with Gasteiger partial charge in [0.1, 0.15) is 5.75 Å². The van der Waals surface area contributed by atoms with Crippen molar-refractivity contribution in [3.8, 4) is 5.75 Å². The summed E-state index contributed by atoms with van der Waals surface area (Å²) in [6.45, 7) is 9.65. The first kappa shape index (κ1) is 21.3. The van der Waals surface area contributed by atoms with Gasteiger partial charge in [0, 0.05) is 19.1 Å². The van der Waals surface area contributed by atoms with Crippen molar-refractivity contribution in [1.82, 2.24) is 4.90 Å². The number of halogens is 2. The summed E-state index contributed by atoms with van der Waals surface area (Å²) >= 11 is 3.48. The molecule has 4 nitrogen and oxygen atoms in total. The zero-order valence-electron chi connectivity index (χ0n) is 14.8. The molecule has 2 unspecified atom stereocenters. The number of rotatable bonds is 4. The van der Waals surface area contributed by atoms with Crippen molar-refractivity contribution in [2.45, 2.75) is 46.3 Å². The van der Waals surface area contributed by atoms with Gasteiger partial charge in [0.25, 0.3) is 5.91 Å². The normalized spacial score (nSPS) is 21.1. The van der Waals surface area contributed by atoms with Crippen LogP contribution in [0.2, 0.25) is 0 Å². The van der Waals surface area contributed by atoms with Crippen LogP contribution in [0.15, 0.2) is 28.7 Å². The van der Waals surface area contributed by atoms with Gasteiger partial charge in [0.15, 0.2) is 6.10 Å². The minimum Gasteiger partial charge on any atom is -0.479 e. The van der Waals surface area contributed by atoms with Crippen LogP contribution in [0.3, 0.4) is 0 Å². The van der Waals surface area contributed by atoms with E-state index in [0.29, 0.717) is 18.8 Å².